The molecular formula is C19H16N4O5S4. The van der Waals surface area contributed by atoms with Gasteiger partial charge in [0.1, 0.15) is 16.4 Å². The van der Waals surface area contributed by atoms with E-state index in [0.29, 0.717) is 10.2 Å². The highest BCUT2D eigenvalue weighted by Crippen LogP contribution is 2.38. The second-order valence-corrected chi connectivity index (χ2v) is 8.97. The number of ether oxygens (including phenoxy) is 1. The molecule has 0 spiro atoms. The number of aliphatic carboxylic acids is 1. The summed E-state index contributed by atoms with van der Waals surface area (Å²) in [5.74, 6) is -2.67. The minimum Gasteiger partial charge on any atom is -0.480 e. The van der Waals surface area contributed by atoms with Crippen molar-refractivity contribution in [2.45, 2.75) is 6.92 Å². The standard InChI is InChI=1S/C19H16N4O5S4/c1-2-28-16(27)13(14-15(26)23(8-12(24)25)19(30)32-14)11-9-31-18(21-11)22-17(29)20-10-6-4-3-5-7-10/h3-7,9H,2,8H2,1H3,(H,24,25)(H2,20,21,22,29)/b14-13-. The molecule has 2 aromatic rings. The van der Waals surface area contributed by atoms with Crippen LogP contribution in [0.15, 0.2) is 40.6 Å². The Bertz CT molecular complexity index is 1120. The van der Waals surface area contributed by atoms with Crippen LogP contribution in [0.2, 0.25) is 0 Å². The first-order valence-corrected chi connectivity index (χ1v) is 11.6. The number of thioether (sulfide) groups is 1. The van der Waals surface area contributed by atoms with E-state index in [1.54, 1.807) is 12.3 Å². The van der Waals surface area contributed by atoms with Gasteiger partial charge < -0.3 is 20.5 Å². The summed E-state index contributed by atoms with van der Waals surface area (Å²) in [4.78, 5) is 41.8. The lowest BCUT2D eigenvalue weighted by Gasteiger charge is -2.11. The zero-order chi connectivity index (χ0) is 23.3. The number of carboxylic acids is 1. The van der Waals surface area contributed by atoms with Gasteiger partial charge in [0.2, 0.25) is 0 Å². The number of rotatable bonds is 7. The van der Waals surface area contributed by atoms with Crippen molar-refractivity contribution >= 4 is 91.2 Å². The molecule has 0 saturated carbocycles. The number of thiocarbonyl (C=S) groups is 2. The third-order valence-corrected chi connectivity index (χ3v) is 6.27. The van der Waals surface area contributed by atoms with Crippen LogP contribution in [-0.4, -0.2) is 55.4 Å². The maximum absolute atomic E-state index is 12.8. The van der Waals surface area contributed by atoms with Gasteiger partial charge in [-0.2, -0.15) is 0 Å². The van der Waals surface area contributed by atoms with Crippen LogP contribution in [0.5, 0.6) is 0 Å². The van der Waals surface area contributed by atoms with Crippen molar-refractivity contribution in [3.8, 4) is 0 Å². The number of para-hydroxylation sites is 1. The number of carboxylic acid groups (broad SMARTS) is 1. The predicted molar refractivity (Wildman–Crippen MR) is 131 cm³/mol. The van der Waals surface area contributed by atoms with Crippen molar-refractivity contribution in [2.75, 3.05) is 23.8 Å². The van der Waals surface area contributed by atoms with Crippen LogP contribution in [0.1, 0.15) is 12.6 Å². The van der Waals surface area contributed by atoms with Crippen molar-refractivity contribution < 1.29 is 24.2 Å². The number of anilines is 2. The molecule has 1 amide bonds. The average Bonchev–Trinajstić information content (AvgIpc) is 3.29. The molecule has 0 bridgehead atoms. The Morgan fingerprint density at radius 3 is 2.62 bits per heavy atom. The molecule has 3 rings (SSSR count). The van der Waals surface area contributed by atoms with Gasteiger partial charge in [0.15, 0.2) is 10.2 Å². The second kappa shape index (κ2) is 10.6. The van der Waals surface area contributed by atoms with E-state index in [1.807, 2.05) is 30.3 Å². The Labute approximate surface area is 201 Å². The van der Waals surface area contributed by atoms with E-state index in [1.165, 1.54) is 11.3 Å². The molecule has 13 heteroatoms. The van der Waals surface area contributed by atoms with Crippen LogP contribution in [0, 0.1) is 0 Å². The summed E-state index contributed by atoms with van der Waals surface area (Å²) < 4.78 is 5.14. The molecule has 1 aromatic heterocycles. The van der Waals surface area contributed by atoms with Crippen molar-refractivity contribution in [2.24, 2.45) is 0 Å². The van der Waals surface area contributed by atoms with Crippen molar-refractivity contribution in [1.82, 2.24) is 9.88 Å². The van der Waals surface area contributed by atoms with E-state index in [9.17, 15) is 14.4 Å². The number of esters is 1. The quantitative estimate of drug-likeness (QED) is 0.290. The Morgan fingerprint density at radius 1 is 1.25 bits per heavy atom. The average molecular weight is 509 g/mol. The topological polar surface area (TPSA) is 121 Å². The molecule has 0 radical (unpaired) electrons. The number of thiazole rings is 1. The third kappa shape index (κ3) is 5.68. The summed E-state index contributed by atoms with van der Waals surface area (Å²) in [6.07, 6.45) is 0. The molecule has 1 saturated heterocycles. The van der Waals surface area contributed by atoms with Gasteiger partial charge in [0.25, 0.3) is 5.91 Å². The minimum atomic E-state index is -1.22. The number of amides is 1. The fourth-order valence-corrected chi connectivity index (χ4v) is 4.87. The lowest BCUT2D eigenvalue weighted by Crippen LogP contribution is -2.33. The maximum atomic E-state index is 12.8. The van der Waals surface area contributed by atoms with Gasteiger partial charge in [-0.05, 0) is 31.3 Å². The largest absolute Gasteiger partial charge is 0.480 e. The van der Waals surface area contributed by atoms with Gasteiger partial charge in [-0.1, -0.05) is 42.2 Å². The molecule has 32 heavy (non-hydrogen) atoms. The molecule has 0 atom stereocenters. The first-order chi connectivity index (χ1) is 15.3. The highest BCUT2D eigenvalue weighted by molar-refractivity contribution is 8.26. The molecule has 1 fully saturated rings. The van der Waals surface area contributed by atoms with Crippen LogP contribution in [0.25, 0.3) is 5.57 Å². The Balaban J connectivity index is 1.87. The molecule has 1 aromatic carbocycles. The van der Waals surface area contributed by atoms with Gasteiger partial charge in [0.05, 0.1) is 17.2 Å². The monoisotopic (exact) mass is 508 g/mol. The second-order valence-electron chi connectivity index (χ2n) is 6.06. The van der Waals surface area contributed by atoms with Crippen LogP contribution < -0.4 is 10.6 Å². The van der Waals surface area contributed by atoms with E-state index >= 15 is 0 Å². The highest BCUT2D eigenvalue weighted by atomic mass is 32.2. The summed E-state index contributed by atoms with van der Waals surface area (Å²) >= 11 is 12.4. The zero-order valence-corrected chi connectivity index (χ0v) is 19.8. The summed E-state index contributed by atoms with van der Waals surface area (Å²) in [6.45, 7) is 1.11. The van der Waals surface area contributed by atoms with Crippen LogP contribution in [0.3, 0.4) is 0 Å². The fraction of sp³-hybridized carbons (Fsp3) is 0.158. The van der Waals surface area contributed by atoms with Crippen LogP contribution >= 0.6 is 47.5 Å². The lowest BCUT2D eigenvalue weighted by atomic mass is 10.2. The molecule has 1 aliphatic rings. The summed E-state index contributed by atoms with van der Waals surface area (Å²) in [6, 6.07) is 9.29. The number of benzene rings is 1. The van der Waals surface area contributed by atoms with E-state index in [0.717, 1.165) is 22.3 Å². The number of aromatic nitrogens is 1. The minimum absolute atomic E-state index is 0.0310. The van der Waals surface area contributed by atoms with Gasteiger partial charge >= 0.3 is 11.9 Å². The first kappa shape index (κ1) is 23.8. The summed E-state index contributed by atoms with van der Waals surface area (Å²) in [5, 5.41) is 17.2. The van der Waals surface area contributed by atoms with E-state index in [2.05, 4.69) is 15.6 Å². The van der Waals surface area contributed by atoms with E-state index < -0.39 is 24.4 Å². The third-order valence-electron chi connectivity index (χ3n) is 3.86. The number of hydrogen-bond acceptors (Lipinski definition) is 9. The molecule has 9 nitrogen and oxygen atoms in total. The number of nitrogens with zero attached hydrogens (tertiary/aromatic N) is 2. The van der Waals surface area contributed by atoms with Gasteiger partial charge in [-0.15, -0.1) is 11.3 Å². The Morgan fingerprint density at radius 2 is 1.97 bits per heavy atom. The smallest absolute Gasteiger partial charge is 0.341 e. The Kier molecular flexibility index (Phi) is 7.90. The number of carbonyl (C=O) groups excluding carboxylic acids is 2. The molecule has 0 aliphatic carbocycles. The van der Waals surface area contributed by atoms with Crippen molar-refractivity contribution in [3.05, 3.63) is 46.3 Å². The van der Waals surface area contributed by atoms with E-state index in [4.69, 9.17) is 34.3 Å². The number of hydrogen-bond donors (Lipinski definition) is 3. The highest BCUT2D eigenvalue weighted by Gasteiger charge is 2.38. The van der Waals surface area contributed by atoms with Crippen molar-refractivity contribution in [1.29, 1.82) is 0 Å². The number of nitrogens with one attached hydrogen (secondary N) is 2. The van der Waals surface area contributed by atoms with Crippen LogP contribution in [-0.2, 0) is 19.1 Å². The van der Waals surface area contributed by atoms with Gasteiger partial charge in [-0.3, -0.25) is 14.5 Å². The molecule has 0 unspecified atom stereocenters. The Hall–Kier alpha value is -2.87. The lowest BCUT2D eigenvalue weighted by molar-refractivity contribution is -0.140. The normalized spacial score (nSPS) is 14.8. The molecule has 3 N–H and O–H groups in total. The maximum Gasteiger partial charge on any atom is 0.341 e. The molecule has 166 valence electrons. The predicted octanol–water partition coefficient (Wildman–Crippen LogP) is 3.17. The van der Waals surface area contributed by atoms with Gasteiger partial charge in [-0.25, -0.2) is 9.78 Å². The zero-order valence-electron chi connectivity index (χ0n) is 16.5. The molecule has 1 aliphatic heterocycles. The van der Waals surface area contributed by atoms with Crippen LogP contribution in [0.4, 0.5) is 10.8 Å². The number of carbonyl (C=O) groups is 3. The van der Waals surface area contributed by atoms with Gasteiger partial charge in [0, 0.05) is 11.1 Å². The summed E-state index contributed by atoms with van der Waals surface area (Å²) in [5.41, 5.74) is 0.897. The van der Waals surface area contributed by atoms with Crippen molar-refractivity contribution in [3.63, 3.8) is 0 Å². The molecule has 2 heterocycles. The summed E-state index contributed by atoms with van der Waals surface area (Å²) in [7, 11) is 0. The molecular weight excluding hydrogens is 493 g/mol. The first-order valence-electron chi connectivity index (χ1n) is 9.06. The van der Waals surface area contributed by atoms with E-state index in [-0.39, 0.29) is 27.1 Å². The SMILES string of the molecule is CCOC(=O)/C(=C1\SC(=S)N(CC(=O)O)C1=O)c1csc(NC(=S)Nc2ccccc2)n1. The fourth-order valence-electron chi connectivity index (χ4n) is 2.56.